The molecule has 0 bridgehead atoms. The first-order valence-corrected chi connectivity index (χ1v) is 7.61. The van der Waals surface area contributed by atoms with Crippen LogP contribution in [0.15, 0.2) is 18.2 Å². The van der Waals surface area contributed by atoms with Crippen LogP contribution in [0, 0.1) is 0 Å². The number of hydrogen-bond acceptors (Lipinski definition) is 3. The molecule has 0 aromatic heterocycles. The maximum Gasteiger partial charge on any atom is 0.494 e. The Morgan fingerprint density at radius 1 is 1.05 bits per heavy atom. The zero-order valence-corrected chi connectivity index (χ0v) is 13.0. The average Bonchev–Trinajstić information content (AvgIpc) is 2.56. The molecule has 0 spiro atoms. The largest absolute Gasteiger partial charge is 0.494 e. The third kappa shape index (κ3) is 2.36. The van der Waals surface area contributed by atoms with Gasteiger partial charge in [-0.05, 0) is 64.1 Å². The van der Waals surface area contributed by atoms with Gasteiger partial charge < -0.3 is 14.6 Å². The maximum absolute atomic E-state index is 6.12. The van der Waals surface area contributed by atoms with Crippen molar-refractivity contribution in [2.75, 3.05) is 11.9 Å². The molecule has 3 rings (SSSR count). The number of hydrogen-bond donors (Lipinski definition) is 1. The van der Waals surface area contributed by atoms with E-state index in [1.807, 2.05) is 0 Å². The second kappa shape index (κ2) is 4.78. The van der Waals surface area contributed by atoms with E-state index in [1.54, 1.807) is 0 Å². The molecule has 0 atom stereocenters. The lowest BCUT2D eigenvalue weighted by Crippen LogP contribution is -2.41. The lowest BCUT2D eigenvalue weighted by atomic mass is 9.78. The van der Waals surface area contributed by atoms with Crippen molar-refractivity contribution >= 4 is 18.3 Å². The molecule has 4 heteroatoms. The first-order valence-electron chi connectivity index (χ1n) is 7.61. The smallest absolute Gasteiger partial charge is 0.399 e. The minimum Gasteiger partial charge on any atom is -0.399 e. The Labute approximate surface area is 122 Å². The number of aryl methyl sites for hydroxylation is 1. The van der Waals surface area contributed by atoms with Crippen molar-refractivity contribution in [1.29, 1.82) is 0 Å². The van der Waals surface area contributed by atoms with E-state index in [1.165, 1.54) is 24.1 Å². The van der Waals surface area contributed by atoms with E-state index >= 15 is 0 Å². The van der Waals surface area contributed by atoms with Crippen molar-refractivity contribution in [3.8, 4) is 0 Å². The normalized spacial score (nSPS) is 23.9. The van der Waals surface area contributed by atoms with Crippen LogP contribution in [0.4, 0.5) is 5.69 Å². The molecular weight excluding hydrogens is 249 g/mol. The molecule has 1 N–H and O–H groups in total. The van der Waals surface area contributed by atoms with E-state index in [2.05, 4.69) is 51.2 Å². The summed E-state index contributed by atoms with van der Waals surface area (Å²) in [6.07, 6.45) is 3.66. The van der Waals surface area contributed by atoms with Gasteiger partial charge in [0.15, 0.2) is 0 Å². The quantitative estimate of drug-likeness (QED) is 0.798. The Morgan fingerprint density at radius 3 is 2.45 bits per heavy atom. The monoisotopic (exact) mass is 273 g/mol. The Balaban J connectivity index is 1.87. The molecule has 2 heterocycles. The molecule has 0 unspecified atom stereocenters. The zero-order chi connectivity index (χ0) is 14.4. The third-order valence-corrected chi connectivity index (χ3v) is 4.85. The van der Waals surface area contributed by atoms with Crippen LogP contribution >= 0.6 is 0 Å². The molecule has 2 aliphatic heterocycles. The summed E-state index contributed by atoms with van der Waals surface area (Å²) in [6, 6.07) is 6.56. The molecule has 20 heavy (non-hydrogen) atoms. The molecular formula is C16H24BNO2. The predicted molar refractivity (Wildman–Crippen MR) is 83.6 cm³/mol. The van der Waals surface area contributed by atoms with Crippen molar-refractivity contribution < 1.29 is 9.31 Å². The van der Waals surface area contributed by atoms with E-state index in [-0.39, 0.29) is 18.3 Å². The molecule has 1 aromatic rings. The highest BCUT2D eigenvalue weighted by molar-refractivity contribution is 6.62. The van der Waals surface area contributed by atoms with E-state index in [9.17, 15) is 0 Å². The second-order valence-electron chi connectivity index (χ2n) is 6.89. The van der Waals surface area contributed by atoms with Crippen molar-refractivity contribution in [1.82, 2.24) is 0 Å². The number of fused-ring (bicyclic) bond motifs is 1. The fraction of sp³-hybridized carbons (Fsp3) is 0.625. The summed E-state index contributed by atoms with van der Waals surface area (Å²) in [5, 5.41) is 3.52. The van der Waals surface area contributed by atoms with Gasteiger partial charge in [0.1, 0.15) is 0 Å². The molecule has 0 amide bonds. The van der Waals surface area contributed by atoms with E-state index in [0.717, 1.165) is 18.4 Å². The molecule has 1 saturated heterocycles. The summed E-state index contributed by atoms with van der Waals surface area (Å²) in [7, 11) is -0.268. The van der Waals surface area contributed by atoms with Gasteiger partial charge in [0.05, 0.1) is 11.2 Å². The van der Waals surface area contributed by atoms with Crippen molar-refractivity contribution in [3.05, 3.63) is 23.8 Å². The highest BCUT2D eigenvalue weighted by Crippen LogP contribution is 2.36. The standard InChI is InChI=1S/C16H24BNO2/c1-15(2)16(3,4)20-17(19-15)13-9-8-12-7-5-6-10-18-14(12)11-13/h8-9,11,18H,5-7,10H2,1-4H3. The Hall–Kier alpha value is -0.995. The van der Waals surface area contributed by atoms with Gasteiger partial charge >= 0.3 is 7.12 Å². The van der Waals surface area contributed by atoms with Crippen LogP contribution in [0.2, 0.25) is 0 Å². The fourth-order valence-electron chi connectivity index (χ4n) is 2.77. The summed E-state index contributed by atoms with van der Waals surface area (Å²) < 4.78 is 12.2. The van der Waals surface area contributed by atoms with Gasteiger partial charge in [-0.25, -0.2) is 0 Å². The van der Waals surface area contributed by atoms with Gasteiger partial charge in [-0.1, -0.05) is 12.1 Å². The minimum absolute atomic E-state index is 0.268. The molecule has 108 valence electrons. The number of benzene rings is 1. The lowest BCUT2D eigenvalue weighted by molar-refractivity contribution is 0.00578. The lowest BCUT2D eigenvalue weighted by Gasteiger charge is -2.32. The van der Waals surface area contributed by atoms with Crippen LogP contribution in [0.25, 0.3) is 0 Å². The third-order valence-electron chi connectivity index (χ3n) is 4.85. The van der Waals surface area contributed by atoms with Crippen LogP contribution in [-0.2, 0) is 15.7 Å². The molecule has 2 aliphatic rings. The van der Waals surface area contributed by atoms with Crippen LogP contribution in [0.1, 0.15) is 46.1 Å². The van der Waals surface area contributed by atoms with Crippen LogP contribution < -0.4 is 10.8 Å². The summed E-state index contributed by atoms with van der Waals surface area (Å²) in [4.78, 5) is 0. The van der Waals surface area contributed by atoms with Crippen molar-refractivity contribution in [2.45, 2.75) is 58.2 Å². The maximum atomic E-state index is 6.12. The fourth-order valence-corrected chi connectivity index (χ4v) is 2.77. The van der Waals surface area contributed by atoms with Gasteiger partial charge in [-0.3, -0.25) is 0 Å². The molecule has 1 fully saturated rings. The number of rotatable bonds is 1. The predicted octanol–water partition coefficient (Wildman–Crippen LogP) is 2.73. The Morgan fingerprint density at radius 2 is 1.75 bits per heavy atom. The number of anilines is 1. The molecule has 0 aliphatic carbocycles. The SMILES string of the molecule is CC1(C)OB(c2ccc3c(c2)NCCCC3)OC1(C)C. The molecule has 1 aromatic carbocycles. The summed E-state index contributed by atoms with van der Waals surface area (Å²) in [5.74, 6) is 0. The highest BCUT2D eigenvalue weighted by Gasteiger charge is 2.51. The second-order valence-corrected chi connectivity index (χ2v) is 6.89. The van der Waals surface area contributed by atoms with Crippen molar-refractivity contribution in [3.63, 3.8) is 0 Å². The molecule has 0 radical (unpaired) electrons. The summed E-state index contributed by atoms with van der Waals surface area (Å²) in [6.45, 7) is 9.42. The van der Waals surface area contributed by atoms with Crippen LogP contribution in [0.5, 0.6) is 0 Å². The average molecular weight is 273 g/mol. The van der Waals surface area contributed by atoms with Crippen molar-refractivity contribution in [2.24, 2.45) is 0 Å². The highest BCUT2D eigenvalue weighted by atomic mass is 16.7. The Kier molecular flexibility index (Phi) is 3.34. The Bertz CT molecular complexity index is 497. The molecule has 3 nitrogen and oxygen atoms in total. The topological polar surface area (TPSA) is 30.5 Å². The summed E-state index contributed by atoms with van der Waals surface area (Å²) in [5.41, 5.74) is 3.20. The van der Waals surface area contributed by atoms with Crippen LogP contribution in [0.3, 0.4) is 0 Å². The van der Waals surface area contributed by atoms with Gasteiger partial charge in [-0.15, -0.1) is 0 Å². The van der Waals surface area contributed by atoms with E-state index in [4.69, 9.17) is 9.31 Å². The van der Waals surface area contributed by atoms with E-state index in [0.29, 0.717) is 0 Å². The van der Waals surface area contributed by atoms with Gasteiger partial charge in [0.2, 0.25) is 0 Å². The summed E-state index contributed by atoms with van der Waals surface area (Å²) >= 11 is 0. The van der Waals surface area contributed by atoms with Gasteiger partial charge in [-0.2, -0.15) is 0 Å². The van der Waals surface area contributed by atoms with Gasteiger partial charge in [0.25, 0.3) is 0 Å². The zero-order valence-electron chi connectivity index (χ0n) is 13.0. The first kappa shape index (κ1) is 14.0. The van der Waals surface area contributed by atoms with E-state index < -0.39 is 0 Å². The molecule has 0 saturated carbocycles. The first-order chi connectivity index (χ1) is 9.39. The van der Waals surface area contributed by atoms with Gasteiger partial charge in [0, 0.05) is 12.2 Å². The minimum atomic E-state index is -0.280. The van der Waals surface area contributed by atoms with Crippen LogP contribution in [-0.4, -0.2) is 24.9 Å². The number of nitrogens with one attached hydrogen (secondary N) is 1.